The number of nitrogens with zero attached hydrogens (tertiary/aromatic N) is 2. The summed E-state index contributed by atoms with van der Waals surface area (Å²) in [5.74, 6) is 4.96. The summed E-state index contributed by atoms with van der Waals surface area (Å²) >= 11 is 0. The molecule has 0 unspecified atom stereocenters. The lowest BCUT2D eigenvalue weighted by molar-refractivity contribution is 0.486. The second kappa shape index (κ2) is 6.39. The molecule has 0 aliphatic rings. The van der Waals surface area contributed by atoms with Crippen LogP contribution in [0.1, 0.15) is 26.2 Å². The molecule has 60 valence electrons. The zero-order valence-corrected chi connectivity index (χ0v) is 6.88. The minimum absolute atomic E-state index is 1.05. The molecule has 0 aromatic rings. The summed E-state index contributed by atoms with van der Waals surface area (Å²) in [4.78, 5) is 2.00. The molecular weight excluding hydrogens is 126 g/mol. The number of hydrazone groups is 1. The van der Waals surface area contributed by atoms with E-state index in [9.17, 15) is 0 Å². The van der Waals surface area contributed by atoms with Gasteiger partial charge in [0.15, 0.2) is 0 Å². The van der Waals surface area contributed by atoms with Crippen molar-refractivity contribution in [2.75, 3.05) is 13.6 Å². The Bertz CT molecular complexity index is 90.9. The molecule has 3 heteroatoms. The van der Waals surface area contributed by atoms with Crippen molar-refractivity contribution in [2.24, 2.45) is 10.9 Å². The second-order valence-corrected chi connectivity index (χ2v) is 2.45. The summed E-state index contributed by atoms with van der Waals surface area (Å²) in [6.45, 7) is 3.24. The average molecular weight is 143 g/mol. The van der Waals surface area contributed by atoms with Gasteiger partial charge in [0.05, 0.1) is 0 Å². The minimum Gasteiger partial charge on any atom is -0.364 e. The van der Waals surface area contributed by atoms with Crippen LogP contribution in [0.4, 0.5) is 0 Å². The third-order valence-corrected chi connectivity index (χ3v) is 1.38. The molecule has 0 bridgehead atoms. The highest BCUT2D eigenvalue weighted by Gasteiger charge is 1.89. The maximum atomic E-state index is 4.96. The largest absolute Gasteiger partial charge is 0.364 e. The van der Waals surface area contributed by atoms with Crippen LogP contribution < -0.4 is 5.84 Å². The quantitative estimate of drug-likeness (QED) is 0.205. The van der Waals surface area contributed by atoms with E-state index in [-0.39, 0.29) is 0 Å². The molecule has 0 amide bonds. The van der Waals surface area contributed by atoms with Gasteiger partial charge in [-0.1, -0.05) is 19.8 Å². The molecule has 0 aliphatic heterocycles. The highest BCUT2D eigenvalue weighted by Crippen LogP contribution is 1.93. The van der Waals surface area contributed by atoms with Gasteiger partial charge >= 0.3 is 0 Å². The van der Waals surface area contributed by atoms with Gasteiger partial charge in [0.1, 0.15) is 6.34 Å². The summed E-state index contributed by atoms with van der Waals surface area (Å²) in [6.07, 6.45) is 5.41. The van der Waals surface area contributed by atoms with Crippen LogP contribution in [0, 0.1) is 0 Å². The Kier molecular flexibility index (Phi) is 5.92. The fraction of sp³-hybridized carbons (Fsp3) is 0.857. The van der Waals surface area contributed by atoms with Gasteiger partial charge in [0.2, 0.25) is 0 Å². The lowest BCUT2D eigenvalue weighted by Crippen LogP contribution is -2.18. The molecule has 0 saturated heterocycles. The number of unbranched alkanes of at least 4 members (excludes halogenated alkanes) is 2. The molecule has 0 aromatic heterocycles. The van der Waals surface area contributed by atoms with Crippen LogP contribution in [-0.2, 0) is 0 Å². The summed E-state index contributed by atoms with van der Waals surface area (Å²) in [5, 5.41) is 3.42. The molecular formula is C7H17N3. The fourth-order valence-corrected chi connectivity index (χ4v) is 0.783. The van der Waals surface area contributed by atoms with Crippen LogP contribution in [-0.4, -0.2) is 24.8 Å². The van der Waals surface area contributed by atoms with Crippen molar-refractivity contribution in [1.29, 1.82) is 0 Å². The lowest BCUT2D eigenvalue weighted by atomic mass is 10.2. The van der Waals surface area contributed by atoms with Crippen LogP contribution in [0.25, 0.3) is 0 Å². The highest BCUT2D eigenvalue weighted by atomic mass is 15.2. The van der Waals surface area contributed by atoms with Crippen LogP contribution >= 0.6 is 0 Å². The third-order valence-electron chi connectivity index (χ3n) is 1.38. The number of rotatable bonds is 5. The minimum atomic E-state index is 1.05. The van der Waals surface area contributed by atoms with Gasteiger partial charge in [-0.05, 0) is 6.42 Å². The van der Waals surface area contributed by atoms with Crippen LogP contribution in [0.15, 0.2) is 5.10 Å². The van der Waals surface area contributed by atoms with Crippen molar-refractivity contribution in [2.45, 2.75) is 26.2 Å². The molecule has 0 atom stereocenters. The van der Waals surface area contributed by atoms with Crippen molar-refractivity contribution in [3.8, 4) is 0 Å². The Morgan fingerprint density at radius 1 is 1.50 bits per heavy atom. The van der Waals surface area contributed by atoms with Gasteiger partial charge < -0.3 is 10.7 Å². The first kappa shape index (κ1) is 9.27. The Hall–Kier alpha value is -0.730. The Labute approximate surface area is 62.9 Å². The Balaban J connectivity index is 3.13. The summed E-state index contributed by atoms with van der Waals surface area (Å²) < 4.78 is 0. The topological polar surface area (TPSA) is 41.6 Å². The Morgan fingerprint density at radius 3 is 2.70 bits per heavy atom. The van der Waals surface area contributed by atoms with Gasteiger partial charge in [-0.15, -0.1) is 0 Å². The van der Waals surface area contributed by atoms with Gasteiger partial charge in [0, 0.05) is 13.6 Å². The van der Waals surface area contributed by atoms with Crippen LogP contribution in [0.5, 0.6) is 0 Å². The molecule has 10 heavy (non-hydrogen) atoms. The zero-order valence-electron chi connectivity index (χ0n) is 6.88. The van der Waals surface area contributed by atoms with Gasteiger partial charge in [-0.2, -0.15) is 5.10 Å². The maximum Gasteiger partial charge on any atom is 0.110 e. The predicted octanol–water partition coefficient (Wildman–Crippen LogP) is 1.01. The second-order valence-electron chi connectivity index (χ2n) is 2.45. The summed E-state index contributed by atoms with van der Waals surface area (Å²) in [6, 6.07) is 0. The first-order chi connectivity index (χ1) is 4.81. The molecule has 2 N–H and O–H groups in total. The van der Waals surface area contributed by atoms with Crippen molar-refractivity contribution in [1.82, 2.24) is 4.90 Å². The zero-order chi connectivity index (χ0) is 7.82. The van der Waals surface area contributed by atoms with Crippen molar-refractivity contribution >= 4 is 6.34 Å². The molecule has 0 spiro atoms. The molecule has 0 aliphatic carbocycles. The van der Waals surface area contributed by atoms with E-state index in [2.05, 4.69) is 12.0 Å². The van der Waals surface area contributed by atoms with Crippen LogP contribution in [0.2, 0.25) is 0 Å². The molecule has 3 nitrogen and oxygen atoms in total. The number of hydrogen-bond acceptors (Lipinski definition) is 2. The van der Waals surface area contributed by atoms with Crippen molar-refractivity contribution in [3.05, 3.63) is 0 Å². The van der Waals surface area contributed by atoms with E-state index in [1.54, 1.807) is 6.34 Å². The van der Waals surface area contributed by atoms with E-state index in [0.29, 0.717) is 0 Å². The molecule has 0 rings (SSSR count). The first-order valence-electron chi connectivity index (χ1n) is 3.75. The number of hydrogen-bond donors (Lipinski definition) is 1. The third kappa shape index (κ3) is 5.41. The average Bonchev–Trinajstić information content (AvgIpc) is 1.89. The van der Waals surface area contributed by atoms with Crippen molar-refractivity contribution in [3.63, 3.8) is 0 Å². The van der Waals surface area contributed by atoms with Crippen LogP contribution in [0.3, 0.4) is 0 Å². The van der Waals surface area contributed by atoms with Gasteiger partial charge in [0.25, 0.3) is 0 Å². The predicted molar refractivity (Wildman–Crippen MR) is 44.8 cm³/mol. The van der Waals surface area contributed by atoms with E-state index in [4.69, 9.17) is 5.84 Å². The maximum absolute atomic E-state index is 4.96. The normalized spacial score (nSPS) is 10.6. The molecule has 0 saturated carbocycles. The first-order valence-corrected chi connectivity index (χ1v) is 3.75. The van der Waals surface area contributed by atoms with E-state index < -0.39 is 0 Å². The summed E-state index contributed by atoms with van der Waals surface area (Å²) in [5.41, 5.74) is 0. The molecule has 0 aromatic carbocycles. The standard InChI is InChI=1S/C7H17N3/c1-3-4-5-6-10(2)7-9-8/h7H,3-6,8H2,1-2H3. The van der Waals surface area contributed by atoms with E-state index in [1.165, 1.54) is 19.3 Å². The number of nitrogens with two attached hydrogens (primary N) is 1. The Morgan fingerprint density at radius 2 is 2.20 bits per heavy atom. The molecule has 0 radical (unpaired) electrons. The molecule has 0 fully saturated rings. The van der Waals surface area contributed by atoms with Crippen molar-refractivity contribution < 1.29 is 0 Å². The summed E-state index contributed by atoms with van der Waals surface area (Å²) in [7, 11) is 1.98. The van der Waals surface area contributed by atoms with Gasteiger partial charge in [-0.3, -0.25) is 0 Å². The molecule has 0 heterocycles. The van der Waals surface area contributed by atoms with E-state index in [1.807, 2.05) is 11.9 Å². The SMILES string of the molecule is CCCCCN(C)C=NN. The monoisotopic (exact) mass is 143 g/mol. The lowest BCUT2D eigenvalue weighted by Gasteiger charge is -2.10. The van der Waals surface area contributed by atoms with E-state index >= 15 is 0 Å². The highest BCUT2D eigenvalue weighted by molar-refractivity contribution is 5.53. The fourth-order valence-electron chi connectivity index (χ4n) is 0.783. The van der Waals surface area contributed by atoms with Gasteiger partial charge in [-0.25, -0.2) is 0 Å². The smallest absolute Gasteiger partial charge is 0.110 e. The van der Waals surface area contributed by atoms with E-state index in [0.717, 1.165) is 6.54 Å².